The first kappa shape index (κ1) is 12.9. The molecule has 1 aliphatic heterocycles. The molecule has 0 saturated carbocycles. The minimum atomic E-state index is 0.0162. The number of amides is 1. The van der Waals surface area contributed by atoms with Gasteiger partial charge in [0, 0.05) is 19.1 Å². The van der Waals surface area contributed by atoms with E-state index in [9.17, 15) is 4.79 Å². The number of hydrogen-bond acceptors (Lipinski definition) is 3. The molecule has 1 amide bonds. The van der Waals surface area contributed by atoms with Gasteiger partial charge >= 0.3 is 0 Å². The summed E-state index contributed by atoms with van der Waals surface area (Å²) in [4.78, 5) is 13.6. The Bertz CT molecular complexity index is 403. The van der Waals surface area contributed by atoms with Crippen molar-refractivity contribution in [2.45, 2.75) is 25.8 Å². The Balaban J connectivity index is 1.81. The minimum Gasteiger partial charge on any atom is -0.484 e. The zero-order chi connectivity index (χ0) is 13.0. The first-order valence-electron chi connectivity index (χ1n) is 6.44. The van der Waals surface area contributed by atoms with Crippen molar-refractivity contribution in [3.05, 3.63) is 29.8 Å². The van der Waals surface area contributed by atoms with Crippen molar-refractivity contribution in [1.29, 1.82) is 0 Å². The van der Waals surface area contributed by atoms with E-state index in [4.69, 9.17) is 10.5 Å². The summed E-state index contributed by atoms with van der Waals surface area (Å²) in [6.45, 7) is 3.60. The lowest BCUT2D eigenvalue weighted by atomic mass is 10.2. The average Bonchev–Trinajstić information content (AvgIpc) is 2.83. The Morgan fingerprint density at radius 2 is 2.17 bits per heavy atom. The number of ether oxygens (including phenoxy) is 1. The summed E-state index contributed by atoms with van der Waals surface area (Å²) in [5, 5.41) is 0. The third kappa shape index (κ3) is 3.23. The molecule has 2 N–H and O–H groups in total. The Kier molecular flexibility index (Phi) is 4.20. The number of carbonyl (C=O) groups is 1. The van der Waals surface area contributed by atoms with E-state index in [1.807, 2.05) is 24.3 Å². The van der Waals surface area contributed by atoms with Crippen LogP contribution >= 0.6 is 0 Å². The van der Waals surface area contributed by atoms with E-state index in [-0.39, 0.29) is 18.6 Å². The summed E-state index contributed by atoms with van der Waals surface area (Å²) in [6.07, 6.45) is 1.89. The van der Waals surface area contributed by atoms with Crippen LogP contribution < -0.4 is 10.5 Å². The highest BCUT2D eigenvalue weighted by molar-refractivity contribution is 5.78. The zero-order valence-corrected chi connectivity index (χ0v) is 10.8. The van der Waals surface area contributed by atoms with Crippen LogP contribution in [0.25, 0.3) is 0 Å². The van der Waals surface area contributed by atoms with Crippen molar-refractivity contribution < 1.29 is 9.53 Å². The van der Waals surface area contributed by atoms with Crippen molar-refractivity contribution in [3.63, 3.8) is 0 Å². The van der Waals surface area contributed by atoms with Crippen LogP contribution in [0.3, 0.4) is 0 Å². The molecule has 0 unspecified atom stereocenters. The number of likely N-dealkylation sites (tertiary alicyclic amines) is 1. The third-order valence-corrected chi connectivity index (χ3v) is 3.27. The van der Waals surface area contributed by atoms with E-state index in [1.54, 1.807) is 4.90 Å². The SMILES string of the molecule is CCc1ccc(OCC(=O)N2CC[C@@H](N)C2)cc1. The van der Waals surface area contributed by atoms with E-state index in [0.717, 1.165) is 25.1 Å². The van der Waals surface area contributed by atoms with Crippen LogP contribution in [0, 0.1) is 0 Å². The predicted octanol–water partition coefficient (Wildman–Crippen LogP) is 1.19. The molecular weight excluding hydrogens is 228 g/mol. The number of nitrogens with two attached hydrogens (primary N) is 1. The molecule has 1 aromatic carbocycles. The molecule has 1 saturated heterocycles. The summed E-state index contributed by atoms with van der Waals surface area (Å²) in [5.74, 6) is 0.756. The molecule has 2 rings (SSSR count). The maximum absolute atomic E-state index is 11.8. The van der Waals surface area contributed by atoms with Crippen molar-refractivity contribution in [1.82, 2.24) is 4.90 Å². The van der Waals surface area contributed by atoms with Crippen LogP contribution in [-0.4, -0.2) is 36.5 Å². The fourth-order valence-electron chi connectivity index (χ4n) is 2.07. The van der Waals surface area contributed by atoms with E-state index >= 15 is 0 Å². The van der Waals surface area contributed by atoms with E-state index in [1.165, 1.54) is 5.56 Å². The molecule has 1 aromatic rings. The lowest BCUT2D eigenvalue weighted by Crippen LogP contribution is -2.35. The molecule has 1 heterocycles. The highest BCUT2D eigenvalue weighted by atomic mass is 16.5. The second kappa shape index (κ2) is 5.87. The van der Waals surface area contributed by atoms with Crippen molar-refractivity contribution in [2.75, 3.05) is 19.7 Å². The Hall–Kier alpha value is -1.55. The van der Waals surface area contributed by atoms with Gasteiger partial charge in [-0.15, -0.1) is 0 Å². The van der Waals surface area contributed by atoms with Crippen molar-refractivity contribution in [3.8, 4) is 5.75 Å². The largest absolute Gasteiger partial charge is 0.484 e. The molecule has 98 valence electrons. The average molecular weight is 248 g/mol. The van der Waals surface area contributed by atoms with Crippen LogP contribution in [0.15, 0.2) is 24.3 Å². The van der Waals surface area contributed by atoms with E-state index in [2.05, 4.69) is 6.92 Å². The number of hydrogen-bond donors (Lipinski definition) is 1. The Morgan fingerprint density at radius 3 is 2.72 bits per heavy atom. The lowest BCUT2D eigenvalue weighted by molar-refractivity contribution is -0.132. The molecule has 1 aliphatic rings. The summed E-state index contributed by atoms with van der Waals surface area (Å²) in [6, 6.07) is 7.97. The summed E-state index contributed by atoms with van der Waals surface area (Å²) in [5.41, 5.74) is 7.03. The monoisotopic (exact) mass is 248 g/mol. The van der Waals surface area contributed by atoms with E-state index in [0.29, 0.717) is 6.54 Å². The molecule has 0 aromatic heterocycles. The normalized spacial score (nSPS) is 19.0. The van der Waals surface area contributed by atoms with Gasteiger partial charge in [0.1, 0.15) is 5.75 Å². The van der Waals surface area contributed by atoms with Gasteiger partial charge in [0.2, 0.25) is 0 Å². The fourth-order valence-corrected chi connectivity index (χ4v) is 2.07. The Labute approximate surface area is 108 Å². The van der Waals surface area contributed by atoms with Gasteiger partial charge in [-0.05, 0) is 30.5 Å². The number of nitrogens with zero attached hydrogens (tertiary/aromatic N) is 1. The molecule has 18 heavy (non-hydrogen) atoms. The quantitative estimate of drug-likeness (QED) is 0.870. The number of benzene rings is 1. The van der Waals surface area contributed by atoms with Gasteiger partial charge in [0.05, 0.1) is 0 Å². The molecule has 0 aliphatic carbocycles. The maximum Gasteiger partial charge on any atom is 0.260 e. The topological polar surface area (TPSA) is 55.6 Å². The van der Waals surface area contributed by atoms with Crippen LogP contribution in [0.1, 0.15) is 18.9 Å². The predicted molar refractivity (Wildman–Crippen MR) is 70.5 cm³/mol. The fraction of sp³-hybridized carbons (Fsp3) is 0.500. The summed E-state index contributed by atoms with van der Waals surface area (Å²) >= 11 is 0. The number of rotatable bonds is 4. The summed E-state index contributed by atoms with van der Waals surface area (Å²) in [7, 11) is 0. The number of carbonyl (C=O) groups excluding carboxylic acids is 1. The molecule has 1 atom stereocenters. The highest BCUT2D eigenvalue weighted by Gasteiger charge is 2.23. The molecule has 0 bridgehead atoms. The lowest BCUT2D eigenvalue weighted by Gasteiger charge is -2.16. The van der Waals surface area contributed by atoms with Crippen LogP contribution in [0.4, 0.5) is 0 Å². The molecule has 4 heteroatoms. The van der Waals surface area contributed by atoms with Gasteiger partial charge in [-0.2, -0.15) is 0 Å². The zero-order valence-electron chi connectivity index (χ0n) is 10.8. The standard InChI is InChI=1S/C14H20N2O2/c1-2-11-3-5-13(6-4-11)18-10-14(17)16-8-7-12(15)9-16/h3-6,12H,2,7-10,15H2,1H3/t12-/m1/s1. The van der Waals surface area contributed by atoms with Gasteiger partial charge in [-0.25, -0.2) is 0 Å². The second-order valence-corrected chi connectivity index (χ2v) is 4.67. The van der Waals surface area contributed by atoms with E-state index < -0.39 is 0 Å². The van der Waals surface area contributed by atoms with Gasteiger partial charge in [-0.1, -0.05) is 19.1 Å². The third-order valence-electron chi connectivity index (χ3n) is 3.27. The first-order chi connectivity index (χ1) is 8.69. The van der Waals surface area contributed by atoms with Crippen molar-refractivity contribution >= 4 is 5.91 Å². The first-order valence-corrected chi connectivity index (χ1v) is 6.44. The smallest absolute Gasteiger partial charge is 0.260 e. The molecular formula is C14H20N2O2. The van der Waals surface area contributed by atoms with Crippen LogP contribution in [-0.2, 0) is 11.2 Å². The van der Waals surface area contributed by atoms with Crippen molar-refractivity contribution in [2.24, 2.45) is 5.73 Å². The van der Waals surface area contributed by atoms with Gasteiger partial charge < -0.3 is 15.4 Å². The summed E-state index contributed by atoms with van der Waals surface area (Å²) < 4.78 is 5.48. The highest BCUT2D eigenvalue weighted by Crippen LogP contribution is 2.13. The molecule has 0 spiro atoms. The van der Waals surface area contributed by atoms with Gasteiger partial charge in [0.15, 0.2) is 6.61 Å². The molecule has 0 radical (unpaired) electrons. The Morgan fingerprint density at radius 1 is 1.44 bits per heavy atom. The maximum atomic E-state index is 11.8. The van der Waals surface area contributed by atoms with Crippen LogP contribution in [0.2, 0.25) is 0 Å². The van der Waals surface area contributed by atoms with Gasteiger partial charge in [-0.3, -0.25) is 4.79 Å². The molecule has 4 nitrogen and oxygen atoms in total. The van der Waals surface area contributed by atoms with Crippen LogP contribution in [0.5, 0.6) is 5.75 Å². The number of aryl methyl sites for hydroxylation is 1. The second-order valence-electron chi connectivity index (χ2n) is 4.67. The molecule has 1 fully saturated rings. The minimum absolute atomic E-state index is 0.0162. The van der Waals surface area contributed by atoms with Gasteiger partial charge in [0.25, 0.3) is 5.91 Å².